The highest BCUT2D eigenvalue weighted by atomic mass is 16.5. The number of aliphatic hydroxyl groups is 1. The summed E-state index contributed by atoms with van der Waals surface area (Å²) in [7, 11) is 3.22. The molecule has 1 aliphatic heterocycles. The zero-order valence-electron chi connectivity index (χ0n) is 18.7. The number of nitrogens with zero attached hydrogens (tertiary/aromatic N) is 1. The number of hydrogen-bond acceptors (Lipinski definition) is 4. The van der Waals surface area contributed by atoms with Crippen molar-refractivity contribution in [2.45, 2.75) is 57.6 Å². The zero-order valence-corrected chi connectivity index (χ0v) is 18.7. The van der Waals surface area contributed by atoms with Gasteiger partial charge >= 0.3 is 0 Å². The standard InChI is InChI=1S/C25H33NO4/c1-6-7-15-25(28)24(2,3)20-11-9-8-10-19(20)23(27)26(25)16-14-18-12-13-21(29-4)22(17-18)30-5/h8-13,17,28H,6-7,14-16H2,1-5H3. The Balaban J connectivity index is 1.96. The molecule has 5 heteroatoms. The van der Waals surface area contributed by atoms with Crippen molar-refractivity contribution in [2.75, 3.05) is 20.8 Å². The van der Waals surface area contributed by atoms with Crippen molar-refractivity contribution in [3.63, 3.8) is 0 Å². The Bertz CT molecular complexity index is 908. The van der Waals surface area contributed by atoms with E-state index in [0.29, 0.717) is 36.4 Å². The van der Waals surface area contributed by atoms with E-state index < -0.39 is 11.1 Å². The SMILES string of the molecule is CCCCC1(O)N(CCc2ccc(OC)c(OC)c2)C(=O)c2ccccc2C1(C)C. The maximum Gasteiger partial charge on any atom is 0.256 e. The summed E-state index contributed by atoms with van der Waals surface area (Å²) in [6, 6.07) is 13.4. The minimum absolute atomic E-state index is 0.107. The normalized spacial score (nSPS) is 20.1. The van der Waals surface area contributed by atoms with Gasteiger partial charge in [-0.3, -0.25) is 4.79 Å². The van der Waals surface area contributed by atoms with E-state index in [1.807, 2.05) is 56.3 Å². The average molecular weight is 412 g/mol. The fourth-order valence-corrected chi connectivity index (χ4v) is 4.52. The van der Waals surface area contributed by atoms with E-state index in [0.717, 1.165) is 24.0 Å². The highest BCUT2D eigenvalue weighted by Gasteiger charge is 2.54. The van der Waals surface area contributed by atoms with Crippen LogP contribution in [0.25, 0.3) is 0 Å². The number of fused-ring (bicyclic) bond motifs is 1. The molecule has 1 amide bonds. The molecule has 0 bridgehead atoms. The molecule has 30 heavy (non-hydrogen) atoms. The average Bonchev–Trinajstić information content (AvgIpc) is 2.76. The monoisotopic (exact) mass is 411 g/mol. The summed E-state index contributed by atoms with van der Waals surface area (Å²) in [6.45, 7) is 6.60. The Morgan fingerprint density at radius 3 is 2.40 bits per heavy atom. The minimum atomic E-state index is -1.25. The summed E-state index contributed by atoms with van der Waals surface area (Å²) < 4.78 is 10.7. The van der Waals surface area contributed by atoms with Crippen LogP contribution in [0.3, 0.4) is 0 Å². The molecular formula is C25H33NO4. The zero-order chi connectivity index (χ0) is 21.9. The van der Waals surface area contributed by atoms with E-state index in [2.05, 4.69) is 6.92 Å². The highest BCUT2D eigenvalue weighted by Crippen LogP contribution is 2.46. The van der Waals surface area contributed by atoms with Crippen molar-refractivity contribution in [2.24, 2.45) is 0 Å². The Morgan fingerprint density at radius 2 is 1.73 bits per heavy atom. The van der Waals surface area contributed by atoms with Crippen LogP contribution in [0.1, 0.15) is 61.5 Å². The molecule has 0 radical (unpaired) electrons. The van der Waals surface area contributed by atoms with Crippen molar-refractivity contribution in [3.8, 4) is 11.5 Å². The molecule has 0 saturated heterocycles. The van der Waals surface area contributed by atoms with Crippen molar-refractivity contribution in [1.82, 2.24) is 4.90 Å². The number of amides is 1. The maximum absolute atomic E-state index is 13.4. The van der Waals surface area contributed by atoms with Crippen LogP contribution in [0.5, 0.6) is 11.5 Å². The molecule has 2 aromatic carbocycles. The quantitative estimate of drug-likeness (QED) is 0.692. The van der Waals surface area contributed by atoms with E-state index in [1.54, 1.807) is 19.1 Å². The van der Waals surface area contributed by atoms with Gasteiger partial charge in [-0.2, -0.15) is 0 Å². The van der Waals surface area contributed by atoms with Crippen molar-refractivity contribution < 1.29 is 19.4 Å². The van der Waals surface area contributed by atoms with E-state index in [1.165, 1.54) is 0 Å². The predicted molar refractivity (Wildman–Crippen MR) is 118 cm³/mol. The molecule has 1 N–H and O–H groups in total. The predicted octanol–water partition coefficient (Wildman–Crippen LogP) is 4.56. The van der Waals surface area contributed by atoms with Crippen LogP contribution < -0.4 is 9.47 Å². The van der Waals surface area contributed by atoms with E-state index in [9.17, 15) is 9.90 Å². The largest absolute Gasteiger partial charge is 0.493 e. The Hall–Kier alpha value is -2.53. The topological polar surface area (TPSA) is 59.0 Å². The number of methoxy groups -OCH3 is 2. The van der Waals surface area contributed by atoms with Gasteiger partial charge in [-0.05, 0) is 48.6 Å². The summed E-state index contributed by atoms with van der Waals surface area (Å²) in [4.78, 5) is 15.1. The number of ether oxygens (including phenoxy) is 2. The van der Waals surface area contributed by atoms with Gasteiger partial charge < -0.3 is 19.5 Å². The number of benzene rings is 2. The fourth-order valence-electron chi connectivity index (χ4n) is 4.52. The second-order valence-corrected chi connectivity index (χ2v) is 8.49. The van der Waals surface area contributed by atoms with Crippen molar-refractivity contribution >= 4 is 5.91 Å². The third-order valence-electron chi connectivity index (χ3n) is 6.47. The third-order valence-corrected chi connectivity index (χ3v) is 6.47. The first kappa shape index (κ1) is 22.2. The van der Waals surface area contributed by atoms with Crippen LogP contribution in [0, 0.1) is 0 Å². The number of rotatable bonds is 8. The molecule has 0 spiro atoms. The molecule has 0 saturated carbocycles. The fraction of sp³-hybridized carbons (Fsp3) is 0.480. The van der Waals surface area contributed by atoms with Gasteiger partial charge in [0.25, 0.3) is 5.91 Å². The second kappa shape index (κ2) is 8.68. The molecule has 3 rings (SSSR count). The minimum Gasteiger partial charge on any atom is -0.493 e. The van der Waals surface area contributed by atoms with Crippen molar-refractivity contribution in [1.29, 1.82) is 0 Å². The van der Waals surface area contributed by atoms with Crippen LogP contribution in [0.4, 0.5) is 0 Å². The van der Waals surface area contributed by atoms with E-state index in [4.69, 9.17) is 9.47 Å². The first-order valence-electron chi connectivity index (χ1n) is 10.6. The van der Waals surface area contributed by atoms with Gasteiger partial charge in [-0.15, -0.1) is 0 Å². The Kier molecular flexibility index (Phi) is 6.41. The van der Waals surface area contributed by atoms with Crippen LogP contribution in [-0.4, -0.2) is 42.4 Å². The van der Waals surface area contributed by atoms with Gasteiger partial charge in [0.2, 0.25) is 0 Å². The Labute approximate surface area is 179 Å². The van der Waals surface area contributed by atoms with Gasteiger partial charge in [0.15, 0.2) is 11.5 Å². The molecule has 1 unspecified atom stereocenters. The first-order chi connectivity index (χ1) is 14.3. The molecular weight excluding hydrogens is 378 g/mol. The summed E-state index contributed by atoms with van der Waals surface area (Å²) in [6.07, 6.45) is 2.96. The summed E-state index contributed by atoms with van der Waals surface area (Å²) in [5.41, 5.74) is 0.789. The summed E-state index contributed by atoms with van der Waals surface area (Å²) >= 11 is 0. The molecule has 0 aromatic heterocycles. The van der Waals surface area contributed by atoms with Crippen LogP contribution >= 0.6 is 0 Å². The lowest BCUT2D eigenvalue weighted by Crippen LogP contribution is -2.65. The molecule has 162 valence electrons. The van der Waals surface area contributed by atoms with Gasteiger partial charge in [-0.25, -0.2) is 0 Å². The third kappa shape index (κ3) is 3.67. The van der Waals surface area contributed by atoms with Crippen LogP contribution in [0.2, 0.25) is 0 Å². The number of carbonyl (C=O) groups excluding carboxylic acids is 1. The molecule has 0 fully saturated rings. The number of hydrogen-bond donors (Lipinski definition) is 1. The van der Waals surface area contributed by atoms with Gasteiger partial charge in [0.05, 0.1) is 14.2 Å². The Morgan fingerprint density at radius 1 is 1.03 bits per heavy atom. The number of unbranched alkanes of at least 4 members (excludes halogenated alkanes) is 1. The molecule has 0 aliphatic carbocycles. The van der Waals surface area contributed by atoms with Crippen LogP contribution in [0.15, 0.2) is 42.5 Å². The van der Waals surface area contributed by atoms with Gasteiger partial charge in [0.1, 0.15) is 5.72 Å². The van der Waals surface area contributed by atoms with Gasteiger partial charge in [0, 0.05) is 17.5 Å². The maximum atomic E-state index is 13.4. The van der Waals surface area contributed by atoms with E-state index >= 15 is 0 Å². The lowest BCUT2D eigenvalue weighted by Gasteiger charge is -2.54. The van der Waals surface area contributed by atoms with Crippen molar-refractivity contribution in [3.05, 3.63) is 59.2 Å². The smallest absolute Gasteiger partial charge is 0.256 e. The number of carbonyl (C=O) groups is 1. The van der Waals surface area contributed by atoms with Crippen LogP contribution in [-0.2, 0) is 11.8 Å². The van der Waals surface area contributed by atoms with Gasteiger partial charge in [-0.1, -0.05) is 51.5 Å². The first-order valence-corrected chi connectivity index (χ1v) is 10.6. The summed E-state index contributed by atoms with van der Waals surface area (Å²) in [5.74, 6) is 1.22. The second-order valence-electron chi connectivity index (χ2n) is 8.49. The van der Waals surface area contributed by atoms with E-state index in [-0.39, 0.29) is 5.91 Å². The lowest BCUT2D eigenvalue weighted by molar-refractivity contribution is -0.146. The molecule has 2 aromatic rings. The molecule has 5 nitrogen and oxygen atoms in total. The highest BCUT2D eigenvalue weighted by molar-refractivity contribution is 5.98. The molecule has 1 aliphatic rings. The molecule has 1 heterocycles. The summed E-state index contributed by atoms with van der Waals surface area (Å²) in [5, 5.41) is 11.9. The lowest BCUT2D eigenvalue weighted by atomic mass is 9.67. The molecule has 1 atom stereocenters.